The van der Waals surface area contributed by atoms with Gasteiger partial charge >= 0.3 is 0 Å². The molecule has 3 unspecified atom stereocenters. The Morgan fingerprint density at radius 3 is 3.06 bits per heavy atom. The Bertz CT molecular complexity index is 309. The summed E-state index contributed by atoms with van der Waals surface area (Å²) in [6.45, 7) is 5.70. The maximum atomic E-state index is 3.99. The van der Waals surface area contributed by atoms with E-state index in [1.807, 2.05) is 12.4 Å². The number of aromatic amines is 1. The van der Waals surface area contributed by atoms with Gasteiger partial charge in [-0.15, -0.1) is 0 Å². The molecule has 1 aromatic rings. The molecule has 0 spiro atoms. The van der Waals surface area contributed by atoms with Crippen LogP contribution in [0.5, 0.6) is 0 Å². The number of hydrogen-bond donors (Lipinski definition) is 2. The molecule has 0 radical (unpaired) electrons. The molecular formula is C12H22N4. The van der Waals surface area contributed by atoms with Crippen molar-refractivity contribution in [1.29, 1.82) is 0 Å². The average molecular weight is 222 g/mol. The number of aromatic nitrogens is 2. The molecule has 1 aliphatic heterocycles. The smallest absolute Gasteiger partial charge is 0.0534 e. The molecule has 90 valence electrons. The lowest BCUT2D eigenvalue weighted by Crippen LogP contribution is -2.46. The van der Waals surface area contributed by atoms with Crippen LogP contribution >= 0.6 is 0 Å². The van der Waals surface area contributed by atoms with Crippen molar-refractivity contribution in [2.45, 2.75) is 44.8 Å². The summed E-state index contributed by atoms with van der Waals surface area (Å²) in [6, 6.07) is 1.71. The zero-order valence-electron chi connectivity index (χ0n) is 10.4. The third kappa shape index (κ3) is 2.62. The monoisotopic (exact) mass is 222 g/mol. The SMILES string of the molecule is CC(NC1CCN(C)C(C)C1)c1cn[nH]c1. The zero-order chi connectivity index (χ0) is 11.5. The highest BCUT2D eigenvalue weighted by atomic mass is 15.1. The van der Waals surface area contributed by atoms with Crippen LogP contribution in [0.15, 0.2) is 12.4 Å². The second-order valence-electron chi connectivity index (χ2n) is 4.97. The Balaban J connectivity index is 1.86. The standard InChI is InChI=1S/C12H22N4/c1-9-6-12(4-5-16(9)3)15-10(2)11-7-13-14-8-11/h7-10,12,15H,4-6H2,1-3H3,(H,13,14). The molecule has 2 heterocycles. The molecule has 0 amide bonds. The zero-order valence-corrected chi connectivity index (χ0v) is 10.4. The van der Waals surface area contributed by atoms with Gasteiger partial charge in [-0.2, -0.15) is 5.10 Å². The van der Waals surface area contributed by atoms with Gasteiger partial charge in [-0.05, 0) is 40.3 Å². The van der Waals surface area contributed by atoms with Crippen molar-refractivity contribution in [3.63, 3.8) is 0 Å². The summed E-state index contributed by atoms with van der Waals surface area (Å²) in [5.41, 5.74) is 1.24. The van der Waals surface area contributed by atoms with Crippen LogP contribution in [0.1, 0.15) is 38.3 Å². The number of rotatable bonds is 3. The van der Waals surface area contributed by atoms with E-state index in [1.54, 1.807) is 0 Å². The number of nitrogens with one attached hydrogen (secondary N) is 2. The molecule has 2 rings (SSSR count). The maximum absolute atomic E-state index is 3.99. The van der Waals surface area contributed by atoms with Gasteiger partial charge in [-0.3, -0.25) is 5.10 Å². The quantitative estimate of drug-likeness (QED) is 0.815. The first-order valence-corrected chi connectivity index (χ1v) is 6.11. The Hall–Kier alpha value is -0.870. The number of nitrogens with zero attached hydrogens (tertiary/aromatic N) is 2. The van der Waals surface area contributed by atoms with Crippen molar-refractivity contribution in [1.82, 2.24) is 20.4 Å². The van der Waals surface area contributed by atoms with Crippen molar-refractivity contribution < 1.29 is 0 Å². The van der Waals surface area contributed by atoms with E-state index in [0.717, 1.165) is 0 Å². The summed E-state index contributed by atoms with van der Waals surface area (Å²) in [6.07, 6.45) is 6.34. The first kappa shape index (κ1) is 11.6. The van der Waals surface area contributed by atoms with Gasteiger partial charge < -0.3 is 10.2 Å². The predicted octanol–water partition coefficient (Wildman–Crippen LogP) is 1.54. The summed E-state index contributed by atoms with van der Waals surface area (Å²) in [7, 11) is 2.21. The number of piperidine rings is 1. The number of hydrogen-bond acceptors (Lipinski definition) is 3. The third-order valence-corrected chi connectivity index (χ3v) is 3.71. The second kappa shape index (κ2) is 4.97. The van der Waals surface area contributed by atoms with Crippen LogP contribution in [-0.2, 0) is 0 Å². The minimum Gasteiger partial charge on any atom is -0.307 e. The summed E-state index contributed by atoms with van der Waals surface area (Å²) >= 11 is 0. The Morgan fingerprint density at radius 1 is 1.62 bits per heavy atom. The first-order chi connectivity index (χ1) is 7.66. The highest BCUT2D eigenvalue weighted by molar-refractivity contribution is 5.08. The van der Waals surface area contributed by atoms with E-state index >= 15 is 0 Å². The second-order valence-corrected chi connectivity index (χ2v) is 4.97. The molecule has 3 atom stereocenters. The summed E-state index contributed by atoms with van der Waals surface area (Å²) in [4.78, 5) is 2.43. The molecule has 1 saturated heterocycles. The van der Waals surface area contributed by atoms with E-state index < -0.39 is 0 Å². The third-order valence-electron chi connectivity index (χ3n) is 3.71. The fourth-order valence-electron chi connectivity index (χ4n) is 2.39. The van der Waals surface area contributed by atoms with E-state index in [4.69, 9.17) is 0 Å². The van der Waals surface area contributed by atoms with Crippen LogP contribution < -0.4 is 5.32 Å². The molecule has 2 N–H and O–H groups in total. The molecule has 16 heavy (non-hydrogen) atoms. The van der Waals surface area contributed by atoms with E-state index in [1.165, 1.54) is 24.9 Å². The van der Waals surface area contributed by atoms with Crippen molar-refractivity contribution in [3.8, 4) is 0 Å². The van der Waals surface area contributed by atoms with Gasteiger partial charge in [0.1, 0.15) is 0 Å². The van der Waals surface area contributed by atoms with E-state index in [9.17, 15) is 0 Å². The molecule has 1 aliphatic rings. The Labute approximate surface area is 97.4 Å². The van der Waals surface area contributed by atoms with Gasteiger partial charge in [0.2, 0.25) is 0 Å². The van der Waals surface area contributed by atoms with Gasteiger partial charge in [0.05, 0.1) is 6.20 Å². The number of H-pyrrole nitrogens is 1. The largest absolute Gasteiger partial charge is 0.307 e. The van der Waals surface area contributed by atoms with Crippen LogP contribution in [0, 0.1) is 0 Å². The molecule has 4 heteroatoms. The summed E-state index contributed by atoms with van der Waals surface area (Å²) < 4.78 is 0. The predicted molar refractivity (Wildman–Crippen MR) is 65.3 cm³/mol. The van der Waals surface area contributed by atoms with Crippen LogP contribution in [0.25, 0.3) is 0 Å². The van der Waals surface area contributed by atoms with Crippen molar-refractivity contribution in [3.05, 3.63) is 18.0 Å². The topological polar surface area (TPSA) is 44.0 Å². The van der Waals surface area contributed by atoms with E-state index in [0.29, 0.717) is 18.1 Å². The van der Waals surface area contributed by atoms with Crippen LogP contribution in [0.3, 0.4) is 0 Å². The lowest BCUT2D eigenvalue weighted by molar-refractivity contribution is 0.163. The lowest BCUT2D eigenvalue weighted by Gasteiger charge is -2.36. The molecule has 0 aliphatic carbocycles. The van der Waals surface area contributed by atoms with Crippen molar-refractivity contribution in [2.24, 2.45) is 0 Å². The van der Waals surface area contributed by atoms with Gasteiger partial charge in [0.25, 0.3) is 0 Å². The molecular weight excluding hydrogens is 200 g/mol. The first-order valence-electron chi connectivity index (χ1n) is 6.11. The lowest BCUT2D eigenvalue weighted by atomic mass is 9.97. The highest BCUT2D eigenvalue weighted by Crippen LogP contribution is 2.19. The molecule has 0 aromatic carbocycles. The van der Waals surface area contributed by atoms with Crippen LogP contribution in [-0.4, -0.2) is 40.8 Å². The highest BCUT2D eigenvalue weighted by Gasteiger charge is 2.23. The minimum atomic E-state index is 0.388. The van der Waals surface area contributed by atoms with Crippen molar-refractivity contribution >= 4 is 0 Å². The molecule has 4 nitrogen and oxygen atoms in total. The minimum absolute atomic E-state index is 0.388. The number of likely N-dealkylation sites (tertiary alicyclic amines) is 1. The Kier molecular flexibility index (Phi) is 3.61. The van der Waals surface area contributed by atoms with Crippen LogP contribution in [0.2, 0.25) is 0 Å². The van der Waals surface area contributed by atoms with Crippen molar-refractivity contribution in [2.75, 3.05) is 13.6 Å². The molecule has 0 saturated carbocycles. The maximum Gasteiger partial charge on any atom is 0.0534 e. The Morgan fingerprint density at radius 2 is 2.44 bits per heavy atom. The van der Waals surface area contributed by atoms with E-state index in [-0.39, 0.29) is 0 Å². The normalized spacial score (nSPS) is 29.2. The fraction of sp³-hybridized carbons (Fsp3) is 0.750. The van der Waals surface area contributed by atoms with Gasteiger partial charge in [0.15, 0.2) is 0 Å². The van der Waals surface area contributed by atoms with Gasteiger partial charge in [-0.1, -0.05) is 0 Å². The molecule has 0 bridgehead atoms. The summed E-state index contributed by atoms with van der Waals surface area (Å²) in [5, 5.41) is 10.5. The summed E-state index contributed by atoms with van der Waals surface area (Å²) in [5.74, 6) is 0. The van der Waals surface area contributed by atoms with E-state index in [2.05, 4.69) is 41.3 Å². The molecule has 1 fully saturated rings. The fourth-order valence-corrected chi connectivity index (χ4v) is 2.39. The van der Waals surface area contributed by atoms with Gasteiger partial charge in [0, 0.05) is 29.9 Å². The van der Waals surface area contributed by atoms with Crippen LogP contribution in [0.4, 0.5) is 0 Å². The average Bonchev–Trinajstić information content (AvgIpc) is 2.77. The molecule has 1 aromatic heterocycles. The van der Waals surface area contributed by atoms with Gasteiger partial charge in [-0.25, -0.2) is 0 Å².